The number of benzene rings is 1. The van der Waals surface area contributed by atoms with E-state index in [9.17, 15) is 9.90 Å². The highest BCUT2D eigenvalue weighted by molar-refractivity contribution is 5.82. The van der Waals surface area contributed by atoms with Crippen LogP contribution in [0.3, 0.4) is 0 Å². The summed E-state index contributed by atoms with van der Waals surface area (Å²) in [5.74, 6) is 0.768. The molecule has 0 radical (unpaired) electrons. The highest BCUT2D eigenvalue weighted by Gasteiger charge is 2.28. The Morgan fingerprint density at radius 3 is 3.00 bits per heavy atom. The van der Waals surface area contributed by atoms with Crippen molar-refractivity contribution in [3.05, 3.63) is 35.6 Å². The first kappa shape index (κ1) is 16.8. The molecule has 3 rings (SSSR count). The van der Waals surface area contributed by atoms with Crippen molar-refractivity contribution in [3.8, 4) is 0 Å². The van der Waals surface area contributed by atoms with Crippen LogP contribution in [0.2, 0.25) is 0 Å². The van der Waals surface area contributed by atoms with Crippen LogP contribution in [-0.4, -0.2) is 47.9 Å². The highest BCUT2D eigenvalue weighted by Crippen LogP contribution is 2.24. The van der Waals surface area contributed by atoms with Crippen molar-refractivity contribution in [2.24, 2.45) is 0 Å². The molecule has 6 heteroatoms. The Balaban J connectivity index is 1.66. The normalized spacial score (nSPS) is 19.5. The summed E-state index contributed by atoms with van der Waals surface area (Å²) in [6.07, 6.45) is 0.0431. The maximum absolute atomic E-state index is 12.5. The van der Waals surface area contributed by atoms with Gasteiger partial charge in [-0.15, -0.1) is 0 Å². The van der Waals surface area contributed by atoms with E-state index >= 15 is 0 Å². The third-order valence-electron chi connectivity index (χ3n) is 4.44. The fraction of sp³-hybridized carbons (Fsp3) is 0.500. The predicted molar refractivity (Wildman–Crippen MR) is 90.8 cm³/mol. The topological polar surface area (TPSA) is 74.9 Å². The van der Waals surface area contributed by atoms with Crippen LogP contribution in [-0.2, 0) is 11.3 Å². The molecule has 1 aromatic heterocycles. The lowest BCUT2D eigenvalue weighted by molar-refractivity contribution is -0.00444. The molecule has 2 N–H and O–H groups in total. The second kappa shape index (κ2) is 7.23. The second-order valence-electron chi connectivity index (χ2n) is 6.31. The van der Waals surface area contributed by atoms with Crippen LogP contribution >= 0.6 is 0 Å². The van der Waals surface area contributed by atoms with Crippen LogP contribution in [0.25, 0.3) is 11.0 Å². The number of nitrogens with one attached hydrogen (secondary N) is 1. The average Bonchev–Trinajstić information content (AvgIpc) is 2.89. The number of aliphatic hydroxyl groups is 1. The van der Waals surface area contributed by atoms with E-state index in [1.807, 2.05) is 31.2 Å². The molecule has 2 aromatic rings. The summed E-state index contributed by atoms with van der Waals surface area (Å²) in [5.41, 5.74) is 1.88. The third-order valence-corrected chi connectivity index (χ3v) is 4.44. The molecule has 1 aliphatic rings. The summed E-state index contributed by atoms with van der Waals surface area (Å²) in [7, 11) is 0. The number of ether oxygens (including phenoxy) is 1. The number of hydrogen-bond donors (Lipinski definition) is 2. The molecule has 24 heavy (non-hydrogen) atoms. The number of carbonyl (C=O) groups is 1. The zero-order valence-electron chi connectivity index (χ0n) is 14.1. The summed E-state index contributed by atoms with van der Waals surface area (Å²) in [4.78, 5) is 14.3. The van der Waals surface area contributed by atoms with Gasteiger partial charge in [-0.1, -0.05) is 18.2 Å². The van der Waals surface area contributed by atoms with Gasteiger partial charge in [0.15, 0.2) is 0 Å². The summed E-state index contributed by atoms with van der Waals surface area (Å²) < 4.78 is 11.3. The van der Waals surface area contributed by atoms with E-state index in [4.69, 9.17) is 9.15 Å². The van der Waals surface area contributed by atoms with E-state index in [2.05, 4.69) is 5.32 Å². The Morgan fingerprint density at radius 1 is 1.46 bits per heavy atom. The maximum Gasteiger partial charge on any atom is 0.318 e. The number of amides is 2. The predicted octanol–water partition coefficient (Wildman–Crippen LogP) is 2.42. The van der Waals surface area contributed by atoms with Gasteiger partial charge >= 0.3 is 6.03 Å². The molecule has 0 unspecified atom stereocenters. The van der Waals surface area contributed by atoms with E-state index < -0.39 is 6.10 Å². The van der Waals surface area contributed by atoms with Crippen LogP contribution in [0, 0.1) is 6.92 Å². The van der Waals surface area contributed by atoms with Gasteiger partial charge in [0, 0.05) is 17.5 Å². The van der Waals surface area contributed by atoms with Crippen LogP contribution < -0.4 is 5.32 Å². The van der Waals surface area contributed by atoms with Crippen molar-refractivity contribution >= 4 is 17.0 Å². The van der Waals surface area contributed by atoms with Gasteiger partial charge in [0.25, 0.3) is 0 Å². The number of urea groups is 1. The molecule has 1 saturated heterocycles. The van der Waals surface area contributed by atoms with Crippen molar-refractivity contribution in [1.82, 2.24) is 10.2 Å². The van der Waals surface area contributed by atoms with E-state index in [0.29, 0.717) is 32.7 Å². The molecule has 2 atom stereocenters. The van der Waals surface area contributed by atoms with E-state index in [-0.39, 0.29) is 12.1 Å². The zero-order valence-corrected chi connectivity index (χ0v) is 14.1. The molecule has 0 saturated carbocycles. The molecule has 0 aliphatic carbocycles. The Bertz CT molecular complexity index is 710. The van der Waals surface area contributed by atoms with E-state index in [1.54, 1.807) is 11.8 Å². The summed E-state index contributed by atoms with van der Waals surface area (Å²) in [6, 6.07) is 7.59. The smallest absolute Gasteiger partial charge is 0.318 e. The summed E-state index contributed by atoms with van der Waals surface area (Å²) >= 11 is 0. The Morgan fingerprint density at radius 2 is 2.25 bits per heavy atom. The van der Waals surface area contributed by atoms with E-state index in [0.717, 1.165) is 22.3 Å². The van der Waals surface area contributed by atoms with Gasteiger partial charge in [0.1, 0.15) is 11.3 Å². The number of rotatable bonds is 4. The van der Waals surface area contributed by atoms with Gasteiger partial charge in [-0.2, -0.15) is 0 Å². The van der Waals surface area contributed by atoms with Gasteiger partial charge in [0.05, 0.1) is 31.9 Å². The largest absolute Gasteiger partial charge is 0.459 e. The molecule has 2 amide bonds. The lowest BCUT2D eigenvalue weighted by atomic mass is 10.1. The number of aryl methyl sites for hydroxylation is 1. The SMILES string of the molecule is Cc1c(CNC(=O)N2CCOC[C@H]2C[C@H](C)O)oc2ccccc12. The third kappa shape index (κ3) is 3.55. The van der Waals surface area contributed by atoms with Crippen molar-refractivity contribution in [3.63, 3.8) is 0 Å². The van der Waals surface area contributed by atoms with Gasteiger partial charge in [-0.3, -0.25) is 0 Å². The number of fused-ring (bicyclic) bond motifs is 1. The number of hydrogen-bond acceptors (Lipinski definition) is 4. The second-order valence-corrected chi connectivity index (χ2v) is 6.31. The summed E-state index contributed by atoms with van der Waals surface area (Å²) in [6.45, 7) is 5.58. The molecule has 6 nitrogen and oxygen atoms in total. The fourth-order valence-electron chi connectivity index (χ4n) is 3.16. The molecule has 0 spiro atoms. The van der Waals surface area contributed by atoms with Crippen molar-refractivity contribution in [2.45, 2.75) is 39.0 Å². The standard InChI is InChI=1S/C18H24N2O4/c1-12(21)9-14-11-23-8-7-20(14)18(22)19-10-17-13(2)15-5-3-4-6-16(15)24-17/h3-6,12,14,21H,7-11H2,1-2H3,(H,19,22)/t12-,14+/m0/s1. The molecule has 1 aliphatic heterocycles. The molecule has 130 valence electrons. The quantitative estimate of drug-likeness (QED) is 0.902. The van der Waals surface area contributed by atoms with Crippen LogP contribution in [0.15, 0.2) is 28.7 Å². The molecule has 2 heterocycles. The van der Waals surface area contributed by atoms with Crippen LogP contribution in [0.4, 0.5) is 4.79 Å². The number of carbonyl (C=O) groups excluding carboxylic acids is 1. The average molecular weight is 332 g/mol. The summed E-state index contributed by atoms with van der Waals surface area (Å²) in [5, 5.41) is 13.6. The number of para-hydroxylation sites is 1. The monoisotopic (exact) mass is 332 g/mol. The van der Waals surface area contributed by atoms with Crippen LogP contribution in [0.5, 0.6) is 0 Å². The Labute approximate surface area is 141 Å². The highest BCUT2D eigenvalue weighted by atomic mass is 16.5. The van der Waals surface area contributed by atoms with Crippen molar-refractivity contribution in [1.29, 1.82) is 0 Å². The van der Waals surface area contributed by atoms with Crippen molar-refractivity contribution < 1.29 is 19.1 Å². The minimum atomic E-state index is -0.468. The maximum atomic E-state index is 12.5. The number of furan rings is 1. The first-order chi connectivity index (χ1) is 11.6. The lowest BCUT2D eigenvalue weighted by Crippen LogP contribution is -2.53. The first-order valence-corrected chi connectivity index (χ1v) is 8.33. The zero-order chi connectivity index (χ0) is 17.1. The lowest BCUT2D eigenvalue weighted by Gasteiger charge is -2.36. The van der Waals surface area contributed by atoms with E-state index in [1.165, 1.54) is 0 Å². The number of nitrogens with zero attached hydrogens (tertiary/aromatic N) is 1. The van der Waals surface area contributed by atoms with Gasteiger partial charge in [-0.05, 0) is 26.3 Å². The van der Waals surface area contributed by atoms with Gasteiger partial charge in [-0.25, -0.2) is 4.79 Å². The van der Waals surface area contributed by atoms with Gasteiger partial charge < -0.3 is 24.5 Å². The molecular weight excluding hydrogens is 308 g/mol. The minimum Gasteiger partial charge on any atom is -0.459 e. The minimum absolute atomic E-state index is 0.101. The first-order valence-electron chi connectivity index (χ1n) is 8.33. The fourth-order valence-corrected chi connectivity index (χ4v) is 3.16. The number of morpholine rings is 1. The Hall–Kier alpha value is -2.05. The molecule has 1 aromatic carbocycles. The molecule has 1 fully saturated rings. The van der Waals surface area contributed by atoms with Crippen LogP contribution in [0.1, 0.15) is 24.7 Å². The Kier molecular flexibility index (Phi) is 5.06. The van der Waals surface area contributed by atoms with Gasteiger partial charge in [0.2, 0.25) is 0 Å². The number of aliphatic hydroxyl groups excluding tert-OH is 1. The van der Waals surface area contributed by atoms with Crippen molar-refractivity contribution in [2.75, 3.05) is 19.8 Å². The molecular formula is C18H24N2O4. The molecule has 0 bridgehead atoms.